The molecule has 0 aliphatic carbocycles. The van der Waals surface area contributed by atoms with E-state index in [1.165, 1.54) is 18.1 Å². The smallest absolute Gasteiger partial charge is 0.416 e. The van der Waals surface area contributed by atoms with E-state index in [4.69, 9.17) is 9.47 Å². The number of benzene rings is 3. The summed E-state index contributed by atoms with van der Waals surface area (Å²) in [6.07, 6.45) is -5.98. The number of carbonyl (C=O) groups excluding carboxylic acids is 1. The molecule has 0 spiro atoms. The van der Waals surface area contributed by atoms with Gasteiger partial charge in [0.1, 0.15) is 17.7 Å². The van der Waals surface area contributed by atoms with Crippen molar-refractivity contribution in [1.29, 1.82) is 0 Å². The van der Waals surface area contributed by atoms with Crippen molar-refractivity contribution < 1.29 is 31.8 Å². The van der Waals surface area contributed by atoms with Gasteiger partial charge in [-0.15, -0.1) is 0 Å². The molecule has 0 N–H and O–H groups in total. The van der Waals surface area contributed by atoms with Crippen molar-refractivity contribution in [3.63, 3.8) is 0 Å². The number of alkyl halides is 3. The Bertz CT molecular complexity index is 1410. The molecule has 40 heavy (non-hydrogen) atoms. The first-order valence-electron chi connectivity index (χ1n) is 13.4. The highest BCUT2D eigenvalue weighted by Gasteiger charge is 2.41. The number of rotatable bonds is 7. The highest BCUT2D eigenvalue weighted by atomic mass is 19.4. The predicted octanol–water partition coefficient (Wildman–Crippen LogP) is 9.16. The zero-order valence-corrected chi connectivity index (χ0v) is 23.8. The Morgan fingerprint density at radius 2 is 1.68 bits per heavy atom. The van der Waals surface area contributed by atoms with Gasteiger partial charge in [0.05, 0.1) is 25.3 Å². The summed E-state index contributed by atoms with van der Waals surface area (Å²) in [5.74, 6) is 0.160. The predicted molar refractivity (Wildman–Crippen MR) is 147 cm³/mol. The highest BCUT2D eigenvalue weighted by Crippen LogP contribution is 2.41. The number of ether oxygens (including phenoxy) is 2. The molecule has 8 heteroatoms. The van der Waals surface area contributed by atoms with Crippen LogP contribution >= 0.6 is 0 Å². The van der Waals surface area contributed by atoms with Crippen molar-refractivity contribution in [3.05, 3.63) is 87.7 Å². The van der Waals surface area contributed by atoms with E-state index in [0.717, 1.165) is 28.8 Å². The average Bonchev–Trinajstić information content (AvgIpc) is 3.15. The lowest BCUT2D eigenvalue weighted by Gasteiger charge is -2.24. The number of amides is 1. The molecule has 1 saturated heterocycles. The molecule has 1 heterocycles. The van der Waals surface area contributed by atoms with Gasteiger partial charge in [-0.05, 0) is 71.7 Å². The third kappa shape index (κ3) is 5.81. The molecule has 1 amide bonds. The number of aryl methyl sites for hydroxylation is 1. The Morgan fingerprint density at radius 3 is 2.27 bits per heavy atom. The molecule has 214 valence electrons. The van der Waals surface area contributed by atoms with Gasteiger partial charge in [0.25, 0.3) is 0 Å². The maximum absolute atomic E-state index is 14.8. The fraction of sp³-hybridized carbons (Fsp3) is 0.406. The van der Waals surface area contributed by atoms with Crippen molar-refractivity contribution >= 4 is 6.09 Å². The van der Waals surface area contributed by atoms with Crippen LogP contribution in [0.5, 0.6) is 5.75 Å². The molecule has 0 unspecified atom stereocenters. The van der Waals surface area contributed by atoms with Gasteiger partial charge in [0.15, 0.2) is 0 Å². The summed E-state index contributed by atoms with van der Waals surface area (Å²) in [5.41, 5.74) is 3.83. The molecule has 0 bridgehead atoms. The number of halogens is 4. The lowest BCUT2D eigenvalue weighted by molar-refractivity contribution is -0.137. The van der Waals surface area contributed by atoms with Gasteiger partial charge in [-0.25, -0.2) is 9.18 Å². The van der Waals surface area contributed by atoms with Crippen molar-refractivity contribution in [2.75, 3.05) is 7.11 Å². The van der Waals surface area contributed by atoms with Crippen LogP contribution in [0.15, 0.2) is 48.5 Å². The second-order valence-electron chi connectivity index (χ2n) is 11.1. The van der Waals surface area contributed by atoms with Gasteiger partial charge < -0.3 is 9.47 Å². The Balaban J connectivity index is 1.77. The Morgan fingerprint density at radius 1 is 0.975 bits per heavy atom. The summed E-state index contributed by atoms with van der Waals surface area (Å²) in [7, 11) is 1.48. The van der Waals surface area contributed by atoms with E-state index in [0.29, 0.717) is 28.0 Å². The largest absolute Gasteiger partial charge is 0.496 e. The third-order valence-corrected chi connectivity index (χ3v) is 7.52. The van der Waals surface area contributed by atoms with Crippen LogP contribution < -0.4 is 4.74 Å². The standard InChI is InChI=1S/C32H35F4NO3/c1-17(2)21-8-9-25(27-14-26(18(3)4)28(33)15-29(27)39-7)23(12-21)16-37-20(6)30(40-31(37)38)22-10-19(5)11-24(13-22)32(34,35)36/h8-15,17-18,20,30H,16H2,1-7H3/t20-,30-/m0/s1. The zero-order valence-electron chi connectivity index (χ0n) is 23.8. The lowest BCUT2D eigenvalue weighted by atomic mass is 9.90. The molecule has 1 aliphatic heterocycles. The average molecular weight is 558 g/mol. The molecular formula is C32H35F4NO3. The van der Waals surface area contributed by atoms with Gasteiger partial charge in [0.2, 0.25) is 0 Å². The highest BCUT2D eigenvalue weighted by molar-refractivity contribution is 5.76. The Labute approximate surface area is 232 Å². The van der Waals surface area contributed by atoms with Crippen LogP contribution in [0.1, 0.15) is 85.9 Å². The molecule has 3 aromatic carbocycles. The molecule has 2 atom stereocenters. The molecule has 4 rings (SSSR count). The van der Waals surface area contributed by atoms with Crippen molar-refractivity contribution in [3.8, 4) is 16.9 Å². The summed E-state index contributed by atoms with van der Waals surface area (Å²) >= 11 is 0. The summed E-state index contributed by atoms with van der Waals surface area (Å²) in [6, 6.07) is 12.3. The summed E-state index contributed by atoms with van der Waals surface area (Å²) < 4.78 is 66.5. The van der Waals surface area contributed by atoms with Gasteiger partial charge >= 0.3 is 12.3 Å². The van der Waals surface area contributed by atoms with Crippen LogP contribution in [-0.4, -0.2) is 24.1 Å². The van der Waals surface area contributed by atoms with Crippen molar-refractivity contribution in [2.24, 2.45) is 0 Å². The topological polar surface area (TPSA) is 38.8 Å². The third-order valence-electron chi connectivity index (χ3n) is 7.52. The first-order valence-corrected chi connectivity index (χ1v) is 13.4. The number of nitrogens with zero attached hydrogens (tertiary/aromatic N) is 1. The minimum atomic E-state index is -4.51. The minimum Gasteiger partial charge on any atom is -0.496 e. The zero-order chi connectivity index (χ0) is 29.5. The van der Waals surface area contributed by atoms with Gasteiger partial charge in [-0.3, -0.25) is 4.90 Å². The van der Waals surface area contributed by atoms with Crippen LogP contribution in [-0.2, 0) is 17.5 Å². The molecule has 1 aliphatic rings. The summed E-state index contributed by atoms with van der Waals surface area (Å²) in [5, 5.41) is 0. The van der Waals surface area contributed by atoms with Crippen LogP contribution in [0.3, 0.4) is 0 Å². The molecule has 4 nitrogen and oxygen atoms in total. The Kier molecular flexibility index (Phi) is 8.20. The second kappa shape index (κ2) is 11.1. The van der Waals surface area contributed by atoms with Crippen molar-refractivity contribution in [2.45, 2.75) is 78.2 Å². The van der Waals surface area contributed by atoms with Gasteiger partial charge in [-0.2, -0.15) is 13.2 Å². The van der Waals surface area contributed by atoms with E-state index in [9.17, 15) is 22.4 Å². The minimum absolute atomic E-state index is 0.0618. The maximum Gasteiger partial charge on any atom is 0.416 e. The summed E-state index contributed by atoms with van der Waals surface area (Å²) in [4.78, 5) is 14.7. The molecule has 0 aromatic heterocycles. The SMILES string of the molecule is COc1cc(F)c(C(C)C)cc1-c1ccc(C(C)C)cc1CN1C(=O)O[C@H](c2cc(C)cc(C(F)(F)F)c2)[C@@H]1C. The summed E-state index contributed by atoms with van der Waals surface area (Å²) in [6.45, 7) is 11.5. The van der Waals surface area contributed by atoms with Crippen LogP contribution in [0, 0.1) is 12.7 Å². The van der Waals surface area contributed by atoms with E-state index < -0.39 is 30.0 Å². The monoisotopic (exact) mass is 557 g/mol. The van der Waals surface area contributed by atoms with E-state index >= 15 is 0 Å². The fourth-order valence-corrected chi connectivity index (χ4v) is 5.24. The van der Waals surface area contributed by atoms with Gasteiger partial charge in [-0.1, -0.05) is 57.5 Å². The fourth-order valence-electron chi connectivity index (χ4n) is 5.24. The molecular weight excluding hydrogens is 522 g/mol. The maximum atomic E-state index is 14.8. The Hall–Kier alpha value is -3.55. The van der Waals surface area contributed by atoms with E-state index in [2.05, 4.69) is 13.8 Å². The normalized spacial score (nSPS) is 17.6. The molecule has 0 radical (unpaired) electrons. The van der Waals surface area contributed by atoms with Crippen LogP contribution in [0.25, 0.3) is 11.1 Å². The first kappa shape index (κ1) is 29.4. The number of cyclic esters (lactones) is 1. The van der Waals surface area contributed by atoms with E-state index in [-0.39, 0.29) is 24.2 Å². The lowest BCUT2D eigenvalue weighted by Crippen LogP contribution is -2.31. The van der Waals surface area contributed by atoms with E-state index in [1.54, 1.807) is 26.0 Å². The quantitative estimate of drug-likeness (QED) is 0.272. The number of methoxy groups -OCH3 is 1. The van der Waals surface area contributed by atoms with Gasteiger partial charge in [0, 0.05) is 11.6 Å². The number of hydrogen-bond donors (Lipinski definition) is 0. The van der Waals surface area contributed by atoms with E-state index in [1.807, 2.05) is 32.0 Å². The van der Waals surface area contributed by atoms with Crippen LogP contribution in [0.4, 0.5) is 22.4 Å². The number of carbonyl (C=O) groups is 1. The first-order chi connectivity index (χ1) is 18.7. The molecule has 0 saturated carbocycles. The second-order valence-corrected chi connectivity index (χ2v) is 11.1. The molecule has 3 aromatic rings. The van der Waals surface area contributed by atoms with Crippen molar-refractivity contribution in [1.82, 2.24) is 4.90 Å². The molecule has 1 fully saturated rings. The number of hydrogen-bond acceptors (Lipinski definition) is 3. The van der Waals surface area contributed by atoms with Crippen LogP contribution in [0.2, 0.25) is 0 Å².